The Kier molecular flexibility index (Phi) is 6.65. The maximum atomic E-state index is 12.9. The highest BCUT2D eigenvalue weighted by molar-refractivity contribution is 5.82. The first-order chi connectivity index (χ1) is 9.92. The van der Waals surface area contributed by atoms with Crippen LogP contribution in [0.3, 0.4) is 0 Å². The molecule has 2 amide bonds. The van der Waals surface area contributed by atoms with E-state index in [1.54, 1.807) is 12.1 Å². The van der Waals surface area contributed by atoms with E-state index < -0.39 is 6.09 Å². The highest BCUT2D eigenvalue weighted by Gasteiger charge is 2.17. The summed E-state index contributed by atoms with van der Waals surface area (Å²) in [5.41, 5.74) is 0.941. The number of rotatable bonds is 6. The van der Waals surface area contributed by atoms with Gasteiger partial charge in [-0.05, 0) is 30.0 Å². The van der Waals surface area contributed by atoms with Crippen LogP contribution in [0, 0.1) is 11.7 Å². The molecule has 0 aromatic heterocycles. The van der Waals surface area contributed by atoms with Crippen molar-refractivity contribution in [2.75, 3.05) is 13.7 Å². The van der Waals surface area contributed by atoms with Gasteiger partial charge in [-0.15, -0.1) is 0 Å². The topological polar surface area (TPSA) is 67.4 Å². The standard InChI is InChI=1S/C15H21FN2O3/c1-10(2)13(8-11-4-6-12(16)7-5-11)18-14(19)9-17-15(20)21-3/h4-7,10,13H,8-9H2,1-3H3,(H,17,20)(H,18,19)/t13-/m0/s1. The van der Waals surface area contributed by atoms with Gasteiger partial charge in [-0.3, -0.25) is 4.79 Å². The molecule has 0 spiro atoms. The second-order valence-corrected chi connectivity index (χ2v) is 5.09. The smallest absolute Gasteiger partial charge is 0.407 e. The summed E-state index contributed by atoms with van der Waals surface area (Å²) in [4.78, 5) is 22.7. The highest BCUT2D eigenvalue weighted by Crippen LogP contribution is 2.11. The molecule has 0 aliphatic carbocycles. The highest BCUT2D eigenvalue weighted by atomic mass is 19.1. The molecule has 0 saturated heterocycles. The van der Waals surface area contributed by atoms with Gasteiger partial charge in [-0.25, -0.2) is 9.18 Å². The molecule has 0 saturated carbocycles. The molecule has 6 heteroatoms. The monoisotopic (exact) mass is 296 g/mol. The Morgan fingerprint density at radius 3 is 2.38 bits per heavy atom. The predicted octanol–water partition coefficient (Wildman–Crippen LogP) is 1.87. The third-order valence-electron chi connectivity index (χ3n) is 3.10. The second-order valence-electron chi connectivity index (χ2n) is 5.09. The molecule has 0 radical (unpaired) electrons. The maximum absolute atomic E-state index is 12.9. The van der Waals surface area contributed by atoms with Crippen LogP contribution in [0.15, 0.2) is 24.3 Å². The lowest BCUT2D eigenvalue weighted by atomic mass is 9.96. The lowest BCUT2D eigenvalue weighted by molar-refractivity contribution is -0.121. The molecule has 0 aliphatic heterocycles. The number of methoxy groups -OCH3 is 1. The fraction of sp³-hybridized carbons (Fsp3) is 0.467. The van der Waals surface area contributed by atoms with Crippen LogP contribution < -0.4 is 10.6 Å². The molecular formula is C15H21FN2O3. The largest absolute Gasteiger partial charge is 0.453 e. The first-order valence-electron chi connectivity index (χ1n) is 6.78. The van der Waals surface area contributed by atoms with Crippen molar-refractivity contribution in [2.45, 2.75) is 26.3 Å². The first kappa shape index (κ1) is 16.9. The normalized spacial score (nSPS) is 11.9. The van der Waals surface area contributed by atoms with Gasteiger partial charge >= 0.3 is 6.09 Å². The van der Waals surface area contributed by atoms with E-state index in [0.717, 1.165) is 5.56 Å². The van der Waals surface area contributed by atoms with Crippen LogP contribution in [0.25, 0.3) is 0 Å². The summed E-state index contributed by atoms with van der Waals surface area (Å²) in [7, 11) is 1.23. The van der Waals surface area contributed by atoms with Crippen molar-refractivity contribution in [3.8, 4) is 0 Å². The van der Waals surface area contributed by atoms with E-state index in [1.165, 1.54) is 19.2 Å². The van der Waals surface area contributed by atoms with Crippen LogP contribution in [0.5, 0.6) is 0 Å². The van der Waals surface area contributed by atoms with E-state index in [2.05, 4.69) is 15.4 Å². The lowest BCUT2D eigenvalue weighted by Gasteiger charge is -2.22. The fourth-order valence-electron chi connectivity index (χ4n) is 1.81. The Labute approximate surface area is 123 Å². The van der Waals surface area contributed by atoms with Crippen LogP contribution in [0.4, 0.5) is 9.18 Å². The molecule has 1 aromatic carbocycles. The van der Waals surface area contributed by atoms with Gasteiger partial charge < -0.3 is 15.4 Å². The van der Waals surface area contributed by atoms with E-state index in [4.69, 9.17) is 0 Å². The third-order valence-corrected chi connectivity index (χ3v) is 3.10. The quantitative estimate of drug-likeness (QED) is 0.842. The van der Waals surface area contributed by atoms with Gasteiger partial charge in [0.05, 0.1) is 7.11 Å². The van der Waals surface area contributed by atoms with Crippen molar-refractivity contribution in [2.24, 2.45) is 5.92 Å². The Morgan fingerprint density at radius 2 is 1.86 bits per heavy atom. The fourth-order valence-corrected chi connectivity index (χ4v) is 1.81. The molecule has 0 fully saturated rings. The second kappa shape index (κ2) is 8.24. The SMILES string of the molecule is COC(=O)NCC(=O)N[C@@H](Cc1ccc(F)cc1)C(C)C. The Morgan fingerprint density at radius 1 is 1.24 bits per heavy atom. The van der Waals surface area contributed by atoms with Crippen molar-refractivity contribution in [3.63, 3.8) is 0 Å². The summed E-state index contributed by atoms with van der Waals surface area (Å²) in [6.07, 6.45) is -0.0492. The minimum absolute atomic E-state index is 0.0950. The van der Waals surface area contributed by atoms with Crippen molar-refractivity contribution < 1.29 is 18.7 Å². The van der Waals surface area contributed by atoms with Gasteiger partial charge in [0, 0.05) is 6.04 Å². The van der Waals surface area contributed by atoms with Gasteiger partial charge in [-0.2, -0.15) is 0 Å². The summed E-state index contributed by atoms with van der Waals surface area (Å²) in [6.45, 7) is 3.84. The van der Waals surface area contributed by atoms with Crippen molar-refractivity contribution in [1.82, 2.24) is 10.6 Å². The molecule has 1 rings (SSSR count). The van der Waals surface area contributed by atoms with E-state index in [9.17, 15) is 14.0 Å². The number of amides is 2. The van der Waals surface area contributed by atoms with Crippen LogP contribution in [-0.4, -0.2) is 31.7 Å². The summed E-state index contributed by atoms with van der Waals surface area (Å²) >= 11 is 0. The number of hydrogen-bond acceptors (Lipinski definition) is 3. The minimum atomic E-state index is -0.648. The van der Waals surface area contributed by atoms with Crippen LogP contribution in [0.1, 0.15) is 19.4 Å². The molecule has 116 valence electrons. The van der Waals surface area contributed by atoms with Gasteiger partial charge in [0.15, 0.2) is 0 Å². The molecule has 0 bridgehead atoms. The maximum Gasteiger partial charge on any atom is 0.407 e. The Bertz CT molecular complexity index is 474. The summed E-state index contributed by atoms with van der Waals surface area (Å²) in [5, 5.41) is 5.18. The third kappa shape index (κ3) is 6.25. The van der Waals surface area contributed by atoms with Crippen LogP contribution >= 0.6 is 0 Å². The number of nitrogens with one attached hydrogen (secondary N) is 2. The molecule has 2 N–H and O–H groups in total. The number of benzene rings is 1. The van der Waals surface area contributed by atoms with E-state index in [1.807, 2.05) is 13.8 Å². The Hall–Kier alpha value is -2.11. The molecule has 0 heterocycles. The van der Waals surface area contributed by atoms with Gasteiger partial charge in [-0.1, -0.05) is 26.0 Å². The molecular weight excluding hydrogens is 275 g/mol. The zero-order chi connectivity index (χ0) is 15.8. The minimum Gasteiger partial charge on any atom is -0.453 e. The Balaban J connectivity index is 2.55. The van der Waals surface area contributed by atoms with Crippen molar-refractivity contribution in [1.29, 1.82) is 0 Å². The molecule has 0 unspecified atom stereocenters. The van der Waals surface area contributed by atoms with Gasteiger partial charge in [0.2, 0.25) is 5.91 Å². The zero-order valence-electron chi connectivity index (χ0n) is 12.5. The van der Waals surface area contributed by atoms with Crippen LogP contribution in [0.2, 0.25) is 0 Å². The van der Waals surface area contributed by atoms with E-state index in [-0.39, 0.29) is 30.2 Å². The lowest BCUT2D eigenvalue weighted by Crippen LogP contribution is -2.45. The zero-order valence-corrected chi connectivity index (χ0v) is 12.5. The number of halogens is 1. The molecule has 21 heavy (non-hydrogen) atoms. The number of alkyl carbamates (subject to hydrolysis) is 1. The molecule has 0 aliphatic rings. The number of ether oxygens (including phenoxy) is 1. The van der Waals surface area contributed by atoms with Crippen LogP contribution in [-0.2, 0) is 16.0 Å². The molecule has 1 atom stereocenters. The van der Waals surface area contributed by atoms with Crippen molar-refractivity contribution >= 4 is 12.0 Å². The average molecular weight is 296 g/mol. The number of carbonyl (C=O) groups excluding carboxylic acids is 2. The summed E-state index contributed by atoms with van der Waals surface area (Å²) in [5.74, 6) is -0.371. The van der Waals surface area contributed by atoms with Gasteiger partial charge in [0.25, 0.3) is 0 Å². The molecule has 5 nitrogen and oxygen atoms in total. The number of carbonyl (C=O) groups is 2. The predicted molar refractivity (Wildman–Crippen MR) is 77.3 cm³/mol. The van der Waals surface area contributed by atoms with Crippen molar-refractivity contribution in [3.05, 3.63) is 35.6 Å². The molecule has 1 aromatic rings. The summed E-state index contributed by atoms with van der Waals surface area (Å²) in [6, 6.07) is 6.09. The average Bonchev–Trinajstić information content (AvgIpc) is 2.46. The van der Waals surface area contributed by atoms with E-state index in [0.29, 0.717) is 6.42 Å². The van der Waals surface area contributed by atoms with Gasteiger partial charge in [0.1, 0.15) is 12.4 Å². The van der Waals surface area contributed by atoms with E-state index >= 15 is 0 Å². The summed E-state index contributed by atoms with van der Waals surface area (Å²) < 4.78 is 17.3. The number of hydrogen-bond donors (Lipinski definition) is 2. The first-order valence-corrected chi connectivity index (χ1v) is 6.78.